The highest BCUT2D eigenvalue weighted by Crippen LogP contribution is 2.24. The SMILES string of the molecule is CC(C)(C)c1ccc(OCC(O)CS(=O)Cc2ccc(Cl)cc2)cc1. The number of aliphatic hydroxyl groups is 1. The van der Waals surface area contributed by atoms with Crippen LogP contribution in [0.1, 0.15) is 31.9 Å². The van der Waals surface area contributed by atoms with Gasteiger partial charge in [0.1, 0.15) is 12.4 Å². The maximum absolute atomic E-state index is 12.1. The zero-order valence-corrected chi connectivity index (χ0v) is 16.4. The standard InChI is InChI=1S/C20H25ClO3S/c1-20(2,3)16-6-10-19(11-7-16)24-12-18(22)14-25(23)13-15-4-8-17(21)9-5-15/h4-11,18,22H,12-14H2,1-3H3. The summed E-state index contributed by atoms with van der Waals surface area (Å²) in [6, 6.07) is 15.1. The minimum atomic E-state index is -1.15. The van der Waals surface area contributed by atoms with Gasteiger partial charge in [-0.15, -0.1) is 0 Å². The molecule has 2 atom stereocenters. The minimum Gasteiger partial charge on any atom is -0.491 e. The molecule has 1 N–H and O–H groups in total. The largest absolute Gasteiger partial charge is 0.491 e. The molecule has 0 spiro atoms. The highest BCUT2D eigenvalue weighted by Gasteiger charge is 2.14. The summed E-state index contributed by atoms with van der Waals surface area (Å²) in [4.78, 5) is 0. The number of aliphatic hydroxyl groups excluding tert-OH is 1. The summed E-state index contributed by atoms with van der Waals surface area (Å²) in [6.07, 6.45) is -0.768. The Bertz CT molecular complexity index is 690. The smallest absolute Gasteiger partial charge is 0.119 e. The molecule has 0 radical (unpaired) electrons. The van der Waals surface area contributed by atoms with Crippen molar-refractivity contribution in [3.05, 3.63) is 64.7 Å². The lowest BCUT2D eigenvalue weighted by Crippen LogP contribution is -2.25. The first-order valence-corrected chi connectivity index (χ1v) is 10.1. The average molecular weight is 381 g/mol. The van der Waals surface area contributed by atoms with Crippen LogP contribution in [-0.2, 0) is 22.0 Å². The van der Waals surface area contributed by atoms with E-state index in [1.54, 1.807) is 12.1 Å². The van der Waals surface area contributed by atoms with E-state index in [0.29, 0.717) is 16.5 Å². The zero-order chi connectivity index (χ0) is 18.4. The molecule has 25 heavy (non-hydrogen) atoms. The molecule has 5 heteroatoms. The van der Waals surface area contributed by atoms with Crippen molar-refractivity contribution in [1.82, 2.24) is 0 Å². The number of hydrogen-bond donors (Lipinski definition) is 1. The Morgan fingerprint density at radius 2 is 1.68 bits per heavy atom. The van der Waals surface area contributed by atoms with Gasteiger partial charge in [0, 0.05) is 21.6 Å². The van der Waals surface area contributed by atoms with Gasteiger partial charge in [-0.2, -0.15) is 0 Å². The van der Waals surface area contributed by atoms with E-state index in [4.69, 9.17) is 16.3 Å². The van der Waals surface area contributed by atoms with E-state index in [9.17, 15) is 9.32 Å². The number of benzene rings is 2. The van der Waals surface area contributed by atoms with Gasteiger partial charge < -0.3 is 9.84 Å². The molecule has 0 amide bonds. The summed E-state index contributed by atoms with van der Waals surface area (Å²) in [7, 11) is -1.15. The Morgan fingerprint density at radius 1 is 1.08 bits per heavy atom. The number of rotatable bonds is 7. The Morgan fingerprint density at radius 3 is 2.24 bits per heavy atom. The second-order valence-corrected chi connectivity index (χ2v) is 9.05. The summed E-state index contributed by atoms with van der Waals surface area (Å²) in [5, 5.41) is 10.7. The van der Waals surface area contributed by atoms with Gasteiger partial charge in [0.15, 0.2) is 0 Å². The first kappa shape index (κ1) is 20.0. The van der Waals surface area contributed by atoms with E-state index in [2.05, 4.69) is 20.8 Å². The third kappa shape index (κ3) is 6.81. The summed E-state index contributed by atoms with van der Waals surface area (Å²) in [5.74, 6) is 1.28. The van der Waals surface area contributed by atoms with E-state index in [0.717, 1.165) is 5.56 Å². The summed E-state index contributed by atoms with van der Waals surface area (Å²) in [6.45, 7) is 6.59. The molecule has 0 aliphatic rings. The molecule has 0 fully saturated rings. The lowest BCUT2D eigenvalue weighted by molar-refractivity contribution is 0.125. The maximum atomic E-state index is 12.1. The lowest BCUT2D eigenvalue weighted by atomic mass is 9.87. The molecule has 0 aliphatic carbocycles. The molecule has 0 saturated heterocycles. The molecule has 2 aromatic carbocycles. The minimum absolute atomic E-state index is 0.0939. The molecule has 2 rings (SSSR count). The molecule has 3 nitrogen and oxygen atoms in total. The van der Waals surface area contributed by atoms with Gasteiger partial charge in [0.25, 0.3) is 0 Å². The lowest BCUT2D eigenvalue weighted by Gasteiger charge is -2.19. The summed E-state index contributed by atoms with van der Waals surface area (Å²) in [5.41, 5.74) is 2.26. The van der Waals surface area contributed by atoms with E-state index in [-0.39, 0.29) is 17.8 Å². The van der Waals surface area contributed by atoms with Crippen molar-refractivity contribution < 1.29 is 14.1 Å². The molecule has 136 valence electrons. The highest BCUT2D eigenvalue weighted by molar-refractivity contribution is 7.84. The van der Waals surface area contributed by atoms with E-state index in [1.165, 1.54) is 5.56 Å². The van der Waals surface area contributed by atoms with Crippen LogP contribution in [0.25, 0.3) is 0 Å². The van der Waals surface area contributed by atoms with Crippen LogP contribution in [-0.4, -0.2) is 27.8 Å². The van der Waals surface area contributed by atoms with Crippen molar-refractivity contribution in [2.75, 3.05) is 12.4 Å². The maximum Gasteiger partial charge on any atom is 0.119 e. The van der Waals surface area contributed by atoms with Crippen LogP contribution in [0.15, 0.2) is 48.5 Å². The van der Waals surface area contributed by atoms with Crippen LogP contribution in [0.3, 0.4) is 0 Å². The topological polar surface area (TPSA) is 46.5 Å². The normalized spacial score (nSPS) is 14.1. The predicted molar refractivity (Wildman–Crippen MR) is 105 cm³/mol. The van der Waals surface area contributed by atoms with Crippen molar-refractivity contribution in [3.63, 3.8) is 0 Å². The fraction of sp³-hybridized carbons (Fsp3) is 0.400. The second-order valence-electron chi connectivity index (χ2n) is 7.12. The number of hydrogen-bond acceptors (Lipinski definition) is 3. The van der Waals surface area contributed by atoms with Crippen molar-refractivity contribution in [2.24, 2.45) is 0 Å². The van der Waals surface area contributed by atoms with Gasteiger partial charge >= 0.3 is 0 Å². The van der Waals surface area contributed by atoms with Crippen LogP contribution in [0.2, 0.25) is 5.02 Å². The van der Waals surface area contributed by atoms with Gasteiger partial charge in [0.2, 0.25) is 0 Å². The summed E-state index contributed by atoms with van der Waals surface area (Å²) < 4.78 is 17.7. The van der Waals surface area contributed by atoms with Crippen LogP contribution >= 0.6 is 11.6 Å². The third-order valence-corrected chi connectivity index (χ3v) is 5.45. The third-order valence-electron chi connectivity index (χ3n) is 3.78. The average Bonchev–Trinajstić information content (AvgIpc) is 2.54. The van der Waals surface area contributed by atoms with E-state index in [1.807, 2.05) is 36.4 Å². The molecule has 2 unspecified atom stereocenters. The first-order chi connectivity index (χ1) is 11.7. The monoisotopic (exact) mass is 380 g/mol. The van der Waals surface area contributed by atoms with E-state index >= 15 is 0 Å². The number of halogens is 1. The van der Waals surface area contributed by atoms with Crippen LogP contribution in [0.5, 0.6) is 5.75 Å². The van der Waals surface area contributed by atoms with Crippen molar-refractivity contribution in [2.45, 2.75) is 38.0 Å². The van der Waals surface area contributed by atoms with E-state index < -0.39 is 16.9 Å². The van der Waals surface area contributed by atoms with Gasteiger partial charge in [-0.05, 0) is 40.8 Å². The highest BCUT2D eigenvalue weighted by atomic mass is 35.5. The van der Waals surface area contributed by atoms with Gasteiger partial charge in [-0.25, -0.2) is 0 Å². The van der Waals surface area contributed by atoms with Crippen LogP contribution in [0.4, 0.5) is 0 Å². The van der Waals surface area contributed by atoms with Crippen LogP contribution in [0, 0.1) is 0 Å². The van der Waals surface area contributed by atoms with Crippen molar-refractivity contribution in [3.8, 4) is 5.75 Å². The Kier molecular flexibility index (Phi) is 7.05. The molecule has 2 aromatic rings. The first-order valence-electron chi connectivity index (χ1n) is 8.25. The molecule has 0 aliphatic heterocycles. The number of ether oxygens (including phenoxy) is 1. The second kappa shape index (κ2) is 8.84. The molecule has 0 bridgehead atoms. The van der Waals surface area contributed by atoms with Gasteiger partial charge in [-0.3, -0.25) is 4.21 Å². The van der Waals surface area contributed by atoms with Crippen molar-refractivity contribution >= 4 is 22.4 Å². The summed E-state index contributed by atoms with van der Waals surface area (Å²) >= 11 is 5.83. The Labute approximate surface area is 157 Å². The Balaban J connectivity index is 1.79. The zero-order valence-electron chi connectivity index (χ0n) is 14.9. The molecule has 0 heterocycles. The molecular formula is C20H25ClO3S. The van der Waals surface area contributed by atoms with Crippen LogP contribution < -0.4 is 4.74 Å². The quantitative estimate of drug-likeness (QED) is 0.777. The van der Waals surface area contributed by atoms with Gasteiger partial charge in [0.05, 0.1) is 11.9 Å². The van der Waals surface area contributed by atoms with Gasteiger partial charge in [-0.1, -0.05) is 56.6 Å². The Hall–Kier alpha value is -1.36. The fourth-order valence-corrected chi connectivity index (χ4v) is 3.67. The molecule has 0 saturated carbocycles. The predicted octanol–water partition coefficient (Wildman–Crippen LogP) is 4.33. The molecule has 0 aromatic heterocycles. The fourth-order valence-electron chi connectivity index (χ4n) is 2.33. The van der Waals surface area contributed by atoms with Crippen molar-refractivity contribution in [1.29, 1.82) is 0 Å². The molecular weight excluding hydrogens is 356 g/mol.